The maximum Gasteiger partial charge on any atom is 0.243 e. The van der Waals surface area contributed by atoms with Crippen LogP contribution in [0.2, 0.25) is 0 Å². The van der Waals surface area contributed by atoms with Gasteiger partial charge in [0.25, 0.3) is 0 Å². The van der Waals surface area contributed by atoms with E-state index in [-0.39, 0.29) is 23.4 Å². The van der Waals surface area contributed by atoms with Gasteiger partial charge in [0.1, 0.15) is 18.4 Å². The number of hydrogen-bond donors (Lipinski definition) is 1. The summed E-state index contributed by atoms with van der Waals surface area (Å²) in [5.74, 6) is 0.0503. The fourth-order valence-corrected chi connectivity index (χ4v) is 5.47. The van der Waals surface area contributed by atoms with Crippen molar-refractivity contribution in [1.29, 1.82) is 0 Å². The van der Waals surface area contributed by atoms with Crippen LogP contribution in [0.15, 0.2) is 66.1 Å². The highest BCUT2D eigenvalue weighted by molar-refractivity contribution is 7.89. The number of ether oxygens (including phenoxy) is 1. The molecule has 1 aliphatic rings. The molecular formula is C23H27N5O4S. The third kappa shape index (κ3) is 5.07. The predicted molar refractivity (Wildman–Crippen MR) is 122 cm³/mol. The molecule has 2 atom stereocenters. The summed E-state index contributed by atoms with van der Waals surface area (Å²) >= 11 is 0. The number of nitrogens with one attached hydrogen (secondary N) is 1. The SMILES string of the molecule is COc1ccc(S(=O)(=O)N2CCC[C@@H](C(=O)N[C@@H](C)c3ccc(-n4cncn4)cc3)C2)cc1. The zero-order chi connectivity index (χ0) is 23.4. The molecule has 2 heterocycles. The summed E-state index contributed by atoms with van der Waals surface area (Å²) in [6.07, 6.45) is 4.38. The first-order valence-corrected chi connectivity index (χ1v) is 12.2. The lowest BCUT2D eigenvalue weighted by Crippen LogP contribution is -2.45. The van der Waals surface area contributed by atoms with Crippen molar-refractivity contribution in [3.05, 3.63) is 66.7 Å². The predicted octanol–water partition coefficient (Wildman–Crippen LogP) is 2.55. The summed E-state index contributed by atoms with van der Waals surface area (Å²) in [5, 5.41) is 7.14. The normalized spacial score (nSPS) is 17.9. The molecule has 0 radical (unpaired) electrons. The molecule has 1 fully saturated rings. The van der Waals surface area contributed by atoms with Crippen molar-refractivity contribution < 1.29 is 17.9 Å². The van der Waals surface area contributed by atoms with Gasteiger partial charge in [-0.05, 0) is 61.7 Å². The molecule has 0 spiro atoms. The smallest absolute Gasteiger partial charge is 0.243 e. The monoisotopic (exact) mass is 469 g/mol. The standard InChI is InChI=1S/C23H27N5O4S/c1-17(18-5-7-20(8-6-18)28-16-24-15-25-28)26-23(29)19-4-3-13-27(14-19)33(30,31)22-11-9-21(32-2)10-12-22/h5-12,15-17,19H,3-4,13-14H2,1-2H3,(H,26,29)/t17-,19+/m0/s1. The Hall–Kier alpha value is -3.24. The number of hydrogen-bond acceptors (Lipinski definition) is 6. The fraction of sp³-hybridized carbons (Fsp3) is 0.348. The number of benzene rings is 2. The average Bonchev–Trinajstić information content (AvgIpc) is 3.39. The highest BCUT2D eigenvalue weighted by Gasteiger charge is 2.33. The van der Waals surface area contributed by atoms with E-state index in [4.69, 9.17) is 4.74 Å². The van der Waals surface area contributed by atoms with E-state index >= 15 is 0 Å². The van der Waals surface area contributed by atoms with E-state index in [0.29, 0.717) is 25.1 Å². The molecule has 3 aromatic rings. The van der Waals surface area contributed by atoms with Gasteiger partial charge in [-0.15, -0.1) is 0 Å². The van der Waals surface area contributed by atoms with Crippen LogP contribution in [0, 0.1) is 5.92 Å². The highest BCUT2D eigenvalue weighted by Crippen LogP contribution is 2.26. The minimum Gasteiger partial charge on any atom is -0.497 e. The molecule has 0 bridgehead atoms. The Morgan fingerprint density at radius 2 is 1.88 bits per heavy atom. The van der Waals surface area contributed by atoms with Crippen LogP contribution >= 0.6 is 0 Å². The Kier molecular flexibility index (Phi) is 6.75. The van der Waals surface area contributed by atoms with Gasteiger partial charge in [0, 0.05) is 13.1 Å². The topological polar surface area (TPSA) is 106 Å². The van der Waals surface area contributed by atoms with Crippen molar-refractivity contribution in [1.82, 2.24) is 24.4 Å². The Labute approximate surface area is 193 Å². The van der Waals surface area contributed by atoms with Crippen LogP contribution in [0.4, 0.5) is 0 Å². The van der Waals surface area contributed by atoms with Gasteiger partial charge in [-0.25, -0.2) is 18.1 Å². The molecule has 174 valence electrons. The molecule has 0 aliphatic carbocycles. The van der Waals surface area contributed by atoms with Crippen molar-refractivity contribution in [2.75, 3.05) is 20.2 Å². The summed E-state index contributed by atoms with van der Waals surface area (Å²) in [6, 6.07) is 13.8. The van der Waals surface area contributed by atoms with Crippen molar-refractivity contribution in [3.63, 3.8) is 0 Å². The molecular weight excluding hydrogens is 442 g/mol. The second kappa shape index (κ2) is 9.72. The Balaban J connectivity index is 1.39. The van der Waals surface area contributed by atoms with Crippen LogP contribution < -0.4 is 10.1 Å². The van der Waals surface area contributed by atoms with E-state index in [2.05, 4.69) is 15.4 Å². The van der Waals surface area contributed by atoms with E-state index in [1.165, 1.54) is 29.9 Å². The van der Waals surface area contributed by atoms with E-state index in [0.717, 1.165) is 11.3 Å². The molecule has 1 aliphatic heterocycles. The molecule has 9 nitrogen and oxygen atoms in total. The molecule has 10 heteroatoms. The molecule has 0 saturated carbocycles. The van der Waals surface area contributed by atoms with E-state index in [1.54, 1.807) is 23.1 Å². The number of carbonyl (C=O) groups excluding carboxylic acids is 1. The van der Waals surface area contributed by atoms with Crippen LogP contribution in [-0.4, -0.2) is 53.6 Å². The lowest BCUT2D eigenvalue weighted by molar-refractivity contribution is -0.126. The number of aromatic nitrogens is 3. The lowest BCUT2D eigenvalue weighted by atomic mass is 9.98. The largest absolute Gasteiger partial charge is 0.497 e. The van der Waals surface area contributed by atoms with Crippen LogP contribution in [0.25, 0.3) is 5.69 Å². The van der Waals surface area contributed by atoms with Crippen molar-refractivity contribution in [2.24, 2.45) is 5.92 Å². The first-order valence-electron chi connectivity index (χ1n) is 10.8. The summed E-state index contributed by atoms with van der Waals surface area (Å²) in [6.45, 7) is 2.48. The molecule has 1 amide bonds. The molecule has 4 rings (SSSR count). The van der Waals surface area contributed by atoms with Crippen LogP contribution in [0.1, 0.15) is 31.4 Å². The Bertz CT molecular complexity index is 1180. The first-order chi connectivity index (χ1) is 15.9. The minimum atomic E-state index is -3.68. The van der Waals surface area contributed by atoms with Crippen LogP contribution in [0.5, 0.6) is 5.75 Å². The van der Waals surface area contributed by atoms with Gasteiger partial charge >= 0.3 is 0 Å². The number of rotatable bonds is 7. The van der Waals surface area contributed by atoms with Crippen LogP contribution in [0.3, 0.4) is 0 Å². The van der Waals surface area contributed by atoms with Crippen LogP contribution in [-0.2, 0) is 14.8 Å². The van der Waals surface area contributed by atoms with Gasteiger partial charge in [0.2, 0.25) is 15.9 Å². The molecule has 1 aromatic heterocycles. The third-order valence-electron chi connectivity index (χ3n) is 5.89. The molecule has 0 unspecified atom stereocenters. The zero-order valence-corrected chi connectivity index (χ0v) is 19.4. The van der Waals surface area contributed by atoms with Gasteiger partial charge in [0.05, 0.1) is 29.7 Å². The van der Waals surface area contributed by atoms with Gasteiger partial charge in [-0.1, -0.05) is 12.1 Å². The molecule has 1 saturated heterocycles. The summed E-state index contributed by atoms with van der Waals surface area (Å²) in [7, 11) is -2.14. The maximum absolute atomic E-state index is 13.1. The van der Waals surface area contributed by atoms with Gasteiger partial charge in [0.15, 0.2) is 0 Å². The van der Waals surface area contributed by atoms with Gasteiger partial charge in [-0.2, -0.15) is 9.40 Å². The van der Waals surface area contributed by atoms with E-state index < -0.39 is 15.9 Å². The summed E-state index contributed by atoms with van der Waals surface area (Å²) in [4.78, 5) is 17.1. The molecule has 33 heavy (non-hydrogen) atoms. The molecule has 2 aromatic carbocycles. The van der Waals surface area contributed by atoms with Gasteiger partial charge in [-0.3, -0.25) is 4.79 Å². The van der Waals surface area contributed by atoms with Gasteiger partial charge < -0.3 is 10.1 Å². The number of carbonyl (C=O) groups is 1. The summed E-state index contributed by atoms with van der Waals surface area (Å²) in [5.41, 5.74) is 1.83. The Morgan fingerprint density at radius 3 is 2.52 bits per heavy atom. The average molecular weight is 470 g/mol. The fourth-order valence-electron chi connectivity index (χ4n) is 3.94. The van der Waals surface area contributed by atoms with E-state index in [1.807, 2.05) is 31.2 Å². The van der Waals surface area contributed by atoms with Crippen molar-refractivity contribution >= 4 is 15.9 Å². The second-order valence-electron chi connectivity index (χ2n) is 8.04. The number of nitrogens with zero attached hydrogens (tertiary/aromatic N) is 4. The first kappa shape index (κ1) is 22.9. The second-order valence-corrected chi connectivity index (χ2v) is 9.98. The summed E-state index contributed by atoms with van der Waals surface area (Å²) < 4.78 is 34.3. The maximum atomic E-state index is 13.1. The molecule has 1 N–H and O–H groups in total. The Morgan fingerprint density at radius 1 is 1.15 bits per heavy atom. The lowest BCUT2D eigenvalue weighted by Gasteiger charge is -2.32. The third-order valence-corrected chi connectivity index (χ3v) is 7.77. The quantitative estimate of drug-likeness (QED) is 0.570. The zero-order valence-electron chi connectivity index (χ0n) is 18.6. The number of amides is 1. The number of sulfonamides is 1. The highest BCUT2D eigenvalue weighted by atomic mass is 32.2. The van der Waals surface area contributed by atoms with E-state index in [9.17, 15) is 13.2 Å². The number of piperidine rings is 1. The minimum absolute atomic E-state index is 0.141. The van der Waals surface area contributed by atoms with Crippen molar-refractivity contribution in [2.45, 2.75) is 30.7 Å². The number of methoxy groups -OCH3 is 1. The van der Waals surface area contributed by atoms with Crippen molar-refractivity contribution in [3.8, 4) is 11.4 Å².